The number of benzene rings is 7. The summed E-state index contributed by atoms with van der Waals surface area (Å²) in [6.07, 6.45) is 7.53. The van der Waals surface area contributed by atoms with Crippen LogP contribution < -0.4 is 5.32 Å². The smallest absolute Gasteiger partial charge is 0.0541 e. The predicted octanol–water partition coefficient (Wildman–Crippen LogP) is 13.5. The number of para-hydroxylation sites is 1. The number of aromatic nitrogens is 1. The molecule has 1 fully saturated rings. The Labute approximate surface area is 314 Å². The molecule has 10 rings (SSSR count). The Morgan fingerprint density at radius 2 is 1.34 bits per heavy atom. The second kappa shape index (κ2) is 13.1. The zero-order valence-electron chi connectivity index (χ0n) is 29.5. The third-order valence-electron chi connectivity index (χ3n) is 10.8. The average Bonchev–Trinajstić information content (AvgIpc) is 3.77. The van der Waals surface area contributed by atoms with Crippen molar-refractivity contribution >= 4 is 59.0 Å². The van der Waals surface area contributed by atoms with Crippen molar-refractivity contribution in [2.24, 2.45) is 0 Å². The topological polar surface area (TPSA) is 17.0 Å². The van der Waals surface area contributed by atoms with Gasteiger partial charge in [0.2, 0.25) is 0 Å². The van der Waals surface area contributed by atoms with Crippen LogP contribution in [0.4, 0.5) is 0 Å². The maximum absolute atomic E-state index is 3.91. The molecule has 0 radical (unpaired) electrons. The third kappa shape index (κ3) is 5.65. The van der Waals surface area contributed by atoms with Gasteiger partial charge >= 0.3 is 0 Å². The van der Waals surface area contributed by atoms with Gasteiger partial charge in [-0.1, -0.05) is 140 Å². The van der Waals surface area contributed by atoms with Gasteiger partial charge in [0.15, 0.2) is 0 Å². The predicted molar refractivity (Wildman–Crippen MR) is 228 cm³/mol. The molecule has 0 bridgehead atoms. The number of nitrogens with one attached hydrogen (secondary N) is 1. The minimum Gasteiger partial charge on any atom is -0.381 e. The summed E-state index contributed by atoms with van der Waals surface area (Å²) in [4.78, 5) is 0. The molecule has 254 valence electrons. The molecule has 0 aliphatic heterocycles. The first-order chi connectivity index (χ1) is 26.2. The molecule has 1 saturated carbocycles. The zero-order chi connectivity index (χ0) is 35.3. The largest absolute Gasteiger partial charge is 0.381 e. The molecule has 2 heterocycles. The summed E-state index contributed by atoms with van der Waals surface area (Å²) in [5.41, 5.74) is 12.4. The van der Waals surface area contributed by atoms with Crippen molar-refractivity contribution in [1.29, 1.82) is 0 Å². The fourth-order valence-corrected chi connectivity index (χ4v) is 9.34. The summed E-state index contributed by atoms with van der Waals surface area (Å²) in [5.74, 6) is 0.453. The van der Waals surface area contributed by atoms with Gasteiger partial charge in [-0.3, -0.25) is 0 Å². The summed E-state index contributed by atoms with van der Waals surface area (Å²) in [7, 11) is 0. The molecule has 2 aromatic heterocycles. The Bertz CT molecular complexity index is 2850. The highest BCUT2D eigenvalue weighted by molar-refractivity contribution is 7.26. The van der Waals surface area contributed by atoms with Crippen LogP contribution in [0.3, 0.4) is 0 Å². The van der Waals surface area contributed by atoms with Gasteiger partial charge in [0.05, 0.1) is 11.0 Å². The molecule has 0 spiro atoms. The van der Waals surface area contributed by atoms with E-state index in [0.29, 0.717) is 12.0 Å². The van der Waals surface area contributed by atoms with Crippen molar-refractivity contribution < 1.29 is 0 Å². The Morgan fingerprint density at radius 3 is 2.21 bits per heavy atom. The lowest BCUT2D eigenvalue weighted by atomic mass is 10.0. The lowest BCUT2D eigenvalue weighted by molar-refractivity contribution is 0.846. The van der Waals surface area contributed by atoms with Gasteiger partial charge < -0.3 is 9.88 Å². The van der Waals surface area contributed by atoms with E-state index in [9.17, 15) is 0 Å². The molecule has 1 aliphatic carbocycles. The lowest BCUT2D eigenvalue weighted by Crippen LogP contribution is -2.16. The fourth-order valence-electron chi connectivity index (χ4n) is 8.10. The average molecular weight is 699 g/mol. The van der Waals surface area contributed by atoms with Crippen LogP contribution in [0.1, 0.15) is 30.4 Å². The standard InChI is InChI=1S/C50H38N2S/c1-2-3-21-45(35-26-24-34(25-27-35)33-13-5-4-6-14-33)51-46-32-43(46)36-15-11-16-38(30-36)52-47-22-9-7-17-40(47)44-31-37(28-29-48(44)52)39-19-12-20-42-41-18-8-10-23-49(41)53-50(39)42/h2-31,43,46,51H,32H2,1H3/b3-2+,45-21-. The molecule has 1 N–H and O–H groups in total. The van der Waals surface area contributed by atoms with E-state index in [1.54, 1.807) is 0 Å². The van der Waals surface area contributed by atoms with Crippen molar-refractivity contribution in [2.45, 2.75) is 25.3 Å². The number of fused-ring (bicyclic) bond motifs is 6. The van der Waals surface area contributed by atoms with E-state index in [2.05, 4.69) is 199 Å². The maximum Gasteiger partial charge on any atom is 0.0541 e. The molecule has 3 heteroatoms. The van der Waals surface area contributed by atoms with Gasteiger partial charge in [-0.05, 0) is 89.2 Å². The van der Waals surface area contributed by atoms with Gasteiger partial charge in [-0.15, -0.1) is 11.3 Å². The summed E-state index contributed by atoms with van der Waals surface area (Å²) in [6.45, 7) is 2.07. The molecule has 0 saturated heterocycles. The SMILES string of the molecule is C/C=C/C=C(\NC1CC1c1cccc(-n2c3ccccc3c3cc(-c4cccc5c4sc4ccccc45)ccc32)c1)c1ccc(-c2ccccc2)cc1. The van der Waals surface area contributed by atoms with Crippen molar-refractivity contribution in [2.75, 3.05) is 0 Å². The number of allylic oxidation sites excluding steroid dienone is 3. The van der Waals surface area contributed by atoms with Crippen molar-refractivity contribution in [3.63, 3.8) is 0 Å². The highest BCUT2D eigenvalue weighted by Crippen LogP contribution is 2.44. The van der Waals surface area contributed by atoms with Gasteiger partial charge in [-0.25, -0.2) is 0 Å². The van der Waals surface area contributed by atoms with E-state index in [-0.39, 0.29) is 0 Å². The van der Waals surface area contributed by atoms with Gasteiger partial charge in [0.1, 0.15) is 0 Å². The van der Waals surface area contributed by atoms with E-state index in [1.807, 2.05) is 11.3 Å². The van der Waals surface area contributed by atoms with E-state index >= 15 is 0 Å². The minimum absolute atomic E-state index is 0.382. The molecule has 1 aliphatic rings. The first-order valence-corrected chi connectivity index (χ1v) is 19.3. The van der Waals surface area contributed by atoms with Gasteiger partial charge in [0.25, 0.3) is 0 Å². The van der Waals surface area contributed by atoms with E-state index in [4.69, 9.17) is 0 Å². The molecule has 0 amide bonds. The van der Waals surface area contributed by atoms with Crippen LogP contribution in [-0.2, 0) is 0 Å². The van der Waals surface area contributed by atoms with E-state index in [1.165, 1.54) is 81.0 Å². The maximum atomic E-state index is 3.91. The fraction of sp³-hybridized carbons (Fsp3) is 0.0800. The van der Waals surface area contributed by atoms with E-state index in [0.717, 1.165) is 12.1 Å². The minimum atomic E-state index is 0.382. The molecular formula is C50H38N2S. The monoisotopic (exact) mass is 698 g/mol. The number of thiophene rings is 1. The Kier molecular flexibility index (Phi) is 7.81. The second-order valence-electron chi connectivity index (χ2n) is 14.1. The summed E-state index contributed by atoms with van der Waals surface area (Å²) >= 11 is 1.89. The summed E-state index contributed by atoms with van der Waals surface area (Å²) in [5, 5.41) is 9.14. The van der Waals surface area contributed by atoms with Crippen molar-refractivity contribution in [3.05, 3.63) is 193 Å². The van der Waals surface area contributed by atoms with Crippen LogP contribution in [0, 0.1) is 0 Å². The Balaban J connectivity index is 0.970. The number of hydrogen-bond donors (Lipinski definition) is 1. The summed E-state index contributed by atoms with van der Waals surface area (Å²) in [6, 6.07) is 60.5. The Hall–Kier alpha value is -6.16. The molecule has 2 atom stereocenters. The third-order valence-corrected chi connectivity index (χ3v) is 12.1. The number of hydrogen-bond acceptors (Lipinski definition) is 2. The van der Waals surface area contributed by atoms with Crippen LogP contribution in [0.2, 0.25) is 0 Å². The Morgan fingerprint density at radius 1 is 0.623 bits per heavy atom. The lowest BCUT2D eigenvalue weighted by Gasteiger charge is -2.13. The first kappa shape index (κ1) is 31.6. The van der Waals surface area contributed by atoms with Crippen LogP contribution in [0.15, 0.2) is 182 Å². The van der Waals surface area contributed by atoms with E-state index < -0.39 is 0 Å². The van der Waals surface area contributed by atoms with Crippen LogP contribution in [-0.4, -0.2) is 10.6 Å². The van der Waals surface area contributed by atoms with Crippen molar-refractivity contribution in [3.8, 4) is 27.9 Å². The van der Waals surface area contributed by atoms with Gasteiger partial charge in [-0.2, -0.15) is 0 Å². The summed E-state index contributed by atoms with van der Waals surface area (Å²) < 4.78 is 5.14. The molecular weight excluding hydrogens is 661 g/mol. The van der Waals surface area contributed by atoms with Gasteiger partial charge in [0, 0.05) is 54.3 Å². The number of nitrogens with zero attached hydrogens (tertiary/aromatic N) is 1. The van der Waals surface area contributed by atoms with Crippen molar-refractivity contribution in [1.82, 2.24) is 9.88 Å². The van der Waals surface area contributed by atoms with Crippen LogP contribution >= 0.6 is 11.3 Å². The molecule has 2 nitrogen and oxygen atoms in total. The molecule has 9 aromatic rings. The second-order valence-corrected chi connectivity index (χ2v) is 15.2. The highest BCUT2D eigenvalue weighted by atomic mass is 32.1. The molecule has 53 heavy (non-hydrogen) atoms. The number of rotatable bonds is 8. The van der Waals surface area contributed by atoms with Crippen LogP contribution in [0.5, 0.6) is 0 Å². The van der Waals surface area contributed by atoms with Crippen LogP contribution in [0.25, 0.3) is 75.6 Å². The molecule has 7 aromatic carbocycles. The highest BCUT2D eigenvalue weighted by Gasteiger charge is 2.39. The quantitative estimate of drug-likeness (QED) is 0.156. The first-order valence-electron chi connectivity index (χ1n) is 18.5. The molecule has 2 unspecified atom stereocenters. The zero-order valence-corrected chi connectivity index (χ0v) is 30.4. The normalized spacial score (nSPS) is 16.0.